The molecule has 1 aromatic carbocycles. The number of hydrogen-bond acceptors (Lipinski definition) is 5. The molecule has 1 aliphatic heterocycles. The first kappa shape index (κ1) is 14.0. The van der Waals surface area contributed by atoms with Gasteiger partial charge in [0, 0.05) is 31.8 Å². The summed E-state index contributed by atoms with van der Waals surface area (Å²) in [4.78, 5) is 23.9. The molecule has 1 heterocycles. The number of rotatable bonds is 3. The summed E-state index contributed by atoms with van der Waals surface area (Å²) in [7, 11) is 0. The molecule has 0 spiro atoms. The number of nitro groups is 1. The van der Waals surface area contributed by atoms with Crippen LogP contribution >= 0.6 is 0 Å². The van der Waals surface area contributed by atoms with Crippen molar-refractivity contribution in [2.75, 3.05) is 19.6 Å². The van der Waals surface area contributed by atoms with Gasteiger partial charge >= 0.3 is 0 Å². The molecule has 20 heavy (non-hydrogen) atoms. The standard InChI is InChI=1S/C13H14N4O3/c14-8-12-9-15-4-5-16(12)13(18)7-10-2-1-3-11(6-10)17(19)20/h1-3,6,12,15H,4-5,7,9H2. The minimum atomic E-state index is -0.489. The van der Waals surface area contributed by atoms with Gasteiger partial charge in [-0.25, -0.2) is 0 Å². The van der Waals surface area contributed by atoms with Crippen LogP contribution in [0.15, 0.2) is 24.3 Å². The zero-order valence-corrected chi connectivity index (χ0v) is 10.8. The number of piperazine rings is 1. The molecule has 2 rings (SSSR count). The maximum atomic E-state index is 12.2. The van der Waals surface area contributed by atoms with Gasteiger partial charge in [0.25, 0.3) is 5.69 Å². The molecule has 0 bridgehead atoms. The summed E-state index contributed by atoms with van der Waals surface area (Å²) >= 11 is 0. The van der Waals surface area contributed by atoms with Crippen LogP contribution in [-0.4, -0.2) is 41.4 Å². The Kier molecular flexibility index (Phi) is 4.27. The van der Waals surface area contributed by atoms with Crippen LogP contribution in [0, 0.1) is 21.4 Å². The minimum Gasteiger partial charge on any atom is -0.324 e. The number of hydrogen-bond donors (Lipinski definition) is 1. The predicted octanol–water partition coefficient (Wildman–Crippen LogP) is 0.461. The average Bonchev–Trinajstić information content (AvgIpc) is 2.47. The van der Waals surface area contributed by atoms with Crippen molar-refractivity contribution in [3.05, 3.63) is 39.9 Å². The van der Waals surface area contributed by atoms with Gasteiger partial charge in [0.15, 0.2) is 0 Å². The summed E-state index contributed by atoms with van der Waals surface area (Å²) in [5, 5.41) is 22.8. The van der Waals surface area contributed by atoms with Gasteiger partial charge in [-0.3, -0.25) is 14.9 Å². The van der Waals surface area contributed by atoms with Gasteiger partial charge < -0.3 is 10.2 Å². The van der Waals surface area contributed by atoms with Crippen LogP contribution in [0.1, 0.15) is 5.56 Å². The normalized spacial score (nSPS) is 18.4. The van der Waals surface area contributed by atoms with Crippen molar-refractivity contribution in [2.45, 2.75) is 12.5 Å². The highest BCUT2D eigenvalue weighted by Gasteiger charge is 2.26. The van der Waals surface area contributed by atoms with E-state index in [1.807, 2.05) is 0 Å². The first-order chi connectivity index (χ1) is 9.61. The second kappa shape index (κ2) is 6.12. The van der Waals surface area contributed by atoms with Gasteiger partial charge in [-0.15, -0.1) is 0 Å². The minimum absolute atomic E-state index is 0.0348. The van der Waals surface area contributed by atoms with Crippen LogP contribution in [0.25, 0.3) is 0 Å². The van der Waals surface area contributed by atoms with Crippen LogP contribution < -0.4 is 5.32 Å². The number of nitrogens with one attached hydrogen (secondary N) is 1. The number of non-ortho nitro benzene ring substituents is 1. The number of benzene rings is 1. The van der Waals surface area contributed by atoms with Crippen LogP contribution in [0.5, 0.6) is 0 Å². The zero-order chi connectivity index (χ0) is 14.5. The first-order valence-corrected chi connectivity index (χ1v) is 6.25. The van der Waals surface area contributed by atoms with Crippen molar-refractivity contribution >= 4 is 11.6 Å². The Hall–Kier alpha value is -2.46. The molecule has 0 aromatic heterocycles. The molecule has 7 nitrogen and oxygen atoms in total. The Morgan fingerprint density at radius 3 is 3.10 bits per heavy atom. The molecular weight excluding hydrogens is 260 g/mol. The molecule has 1 fully saturated rings. The van der Waals surface area contributed by atoms with Crippen molar-refractivity contribution in [1.82, 2.24) is 10.2 Å². The summed E-state index contributed by atoms with van der Waals surface area (Å²) < 4.78 is 0. The van der Waals surface area contributed by atoms with E-state index in [4.69, 9.17) is 5.26 Å². The highest BCUT2D eigenvalue weighted by atomic mass is 16.6. The molecule has 1 atom stereocenters. The lowest BCUT2D eigenvalue weighted by molar-refractivity contribution is -0.384. The van der Waals surface area contributed by atoms with Crippen LogP contribution in [0.4, 0.5) is 5.69 Å². The molecule has 104 valence electrons. The van der Waals surface area contributed by atoms with Crippen molar-refractivity contribution < 1.29 is 9.72 Å². The van der Waals surface area contributed by atoms with Gasteiger partial charge in [-0.1, -0.05) is 12.1 Å². The Morgan fingerprint density at radius 1 is 1.60 bits per heavy atom. The van der Waals surface area contributed by atoms with E-state index in [1.165, 1.54) is 17.0 Å². The third-order valence-electron chi connectivity index (χ3n) is 3.19. The fraction of sp³-hybridized carbons (Fsp3) is 0.385. The third kappa shape index (κ3) is 3.10. The molecule has 0 radical (unpaired) electrons. The Balaban J connectivity index is 2.09. The fourth-order valence-corrected chi connectivity index (χ4v) is 2.17. The molecule has 7 heteroatoms. The second-order valence-electron chi connectivity index (χ2n) is 4.54. The number of carbonyl (C=O) groups excluding carboxylic acids is 1. The molecule has 1 saturated heterocycles. The van der Waals surface area contributed by atoms with Gasteiger partial charge in [0.2, 0.25) is 5.91 Å². The number of carbonyl (C=O) groups is 1. The quantitative estimate of drug-likeness (QED) is 0.637. The Bertz CT molecular complexity index is 567. The maximum absolute atomic E-state index is 12.2. The van der Waals surface area contributed by atoms with E-state index in [-0.39, 0.29) is 18.0 Å². The number of nitrogens with zero attached hydrogens (tertiary/aromatic N) is 3. The fourth-order valence-electron chi connectivity index (χ4n) is 2.17. The number of nitriles is 1. The second-order valence-corrected chi connectivity index (χ2v) is 4.54. The topological polar surface area (TPSA) is 99.3 Å². The van der Waals surface area contributed by atoms with E-state index in [1.54, 1.807) is 12.1 Å². The van der Waals surface area contributed by atoms with Crippen LogP contribution in [0.3, 0.4) is 0 Å². The van der Waals surface area contributed by atoms with Crippen molar-refractivity contribution in [3.63, 3.8) is 0 Å². The highest BCUT2D eigenvalue weighted by molar-refractivity contribution is 5.79. The van der Waals surface area contributed by atoms with Gasteiger partial charge in [0.1, 0.15) is 6.04 Å². The molecule has 1 aliphatic rings. The first-order valence-electron chi connectivity index (χ1n) is 6.25. The van der Waals surface area contributed by atoms with Gasteiger partial charge in [-0.05, 0) is 5.56 Å². The van der Waals surface area contributed by atoms with E-state index >= 15 is 0 Å². The Labute approximate surface area is 115 Å². The number of nitro benzene ring substituents is 1. The van der Waals surface area contributed by atoms with Crippen molar-refractivity contribution in [3.8, 4) is 6.07 Å². The molecule has 1 unspecified atom stereocenters. The van der Waals surface area contributed by atoms with Crippen molar-refractivity contribution in [2.24, 2.45) is 0 Å². The van der Waals surface area contributed by atoms with E-state index in [9.17, 15) is 14.9 Å². The van der Waals surface area contributed by atoms with Crippen LogP contribution in [-0.2, 0) is 11.2 Å². The summed E-state index contributed by atoms with van der Waals surface area (Å²) in [6, 6.07) is 7.61. The third-order valence-corrected chi connectivity index (χ3v) is 3.19. The lowest BCUT2D eigenvalue weighted by atomic mass is 10.1. The summed E-state index contributed by atoms with van der Waals surface area (Å²) in [6.45, 7) is 1.59. The smallest absolute Gasteiger partial charge is 0.269 e. The SMILES string of the molecule is N#CC1CNCCN1C(=O)Cc1cccc([N+](=O)[O-])c1. The highest BCUT2D eigenvalue weighted by Crippen LogP contribution is 2.15. The largest absolute Gasteiger partial charge is 0.324 e. The molecular formula is C13H14N4O3. The van der Waals surface area contributed by atoms with Crippen molar-refractivity contribution in [1.29, 1.82) is 5.26 Å². The lowest BCUT2D eigenvalue weighted by Gasteiger charge is -2.32. The zero-order valence-electron chi connectivity index (χ0n) is 10.8. The maximum Gasteiger partial charge on any atom is 0.269 e. The van der Waals surface area contributed by atoms with Gasteiger partial charge in [-0.2, -0.15) is 5.26 Å². The Morgan fingerprint density at radius 2 is 2.40 bits per heavy atom. The van der Waals surface area contributed by atoms with E-state index in [0.29, 0.717) is 25.2 Å². The monoisotopic (exact) mass is 274 g/mol. The average molecular weight is 274 g/mol. The summed E-state index contributed by atoms with van der Waals surface area (Å²) in [5.74, 6) is -0.182. The summed E-state index contributed by atoms with van der Waals surface area (Å²) in [5.41, 5.74) is 0.548. The predicted molar refractivity (Wildman–Crippen MR) is 70.8 cm³/mol. The number of amides is 1. The van der Waals surface area contributed by atoms with E-state index in [0.717, 1.165) is 0 Å². The van der Waals surface area contributed by atoms with E-state index < -0.39 is 11.0 Å². The molecule has 1 amide bonds. The lowest BCUT2D eigenvalue weighted by Crippen LogP contribution is -2.53. The molecule has 0 aliphatic carbocycles. The molecule has 1 aromatic rings. The summed E-state index contributed by atoms with van der Waals surface area (Å²) in [6.07, 6.45) is 0.0693. The van der Waals surface area contributed by atoms with Crippen LogP contribution in [0.2, 0.25) is 0 Å². The van der Waals surface area contributed by atoms with E-state index in [2.05, 4.69) is 11.4 Å². The molecule has 1 N–H and O–H groups in total. The molecule has 0 saturated carbocycles. The van der Waals surface area contributed by atoms with Gasteiger partial charge in [0.05, 0.1) is 17.4 Å².